The SMILES string of the molecule is CCN(CCNc1nc(NN)nc2sccc12)C1CC1. The Morgan fingerprint density at radius 3 is 3.00 bits per heavy atom. The van der Waals surface area contributed by atoms with Gasteiger partial charge in [-0.05, 0) is 30.8 Å². The zero-order chi connectivity index (χ0) is 13.9. The summed E-state index contributed by atoms with van der Waals surface area (Å²) in [7, 11) is 0. The predicted molar refractivity (Wildman–Crippen MR) is 84.0 cm³/mol. The molecule has 0 amide bonds. The van der Waals surface area contributed by atoms with Gasteiger partial charge in [-0.2, -0.15) is 4.98 Å². The molecule has 0 aromatic carbocycles. The Labute approximate surface area is 122 Å². The molecule has 0 radical (unpaired) electrons. The highest BCUT2D eigenvalue weighted by Gasteiger charge is 2.27. The molecule has 0 aliphatic heterocycles. The van der Waals surface area contributed by atoms with Crippen molar-refractivity contribution in [3.63, 3.8) is 0 Å². The molecular weight excluding hydrogens is 272 g/mol. The fraction of sp³-hybridized carbons (Fsp3) is 0.538. The second kappa shape index (κ2) is 5.90. The number of nitrogens with one attached hydrogen (secondary N) is 2. The molecule has 2 aromatic heterocycles. The van der Waals surface area contributed by atoms with Crippen LogP contribution in [0.4, 0.5) is 11.8 Å². The third kappa shape index (κ3) is 2.84. The minimum absolute atomic E-state index is 0.456. The van der Waals surface area contributed by atoms with Crippen LogP contribution in [0.2, 0.25) is 0 Å². The van der Waals surface area contributed by atoms with Crippen LogP contribution in [0.15, 0.2) is 11.4 Å². The zero-order valence-corrected chi connectivity index (χ0v) is 12.4. The number of likely N-dealkylation sites (N-methyl/N-ethyl adjacent to an activating group) is 1. The van der Waals surface area contributed by atoms with Crippen molar-refractivity contribution < 1.29 is 0 Å². The Kier molecular flexibility index (Phi) is 4.00. The summed E-state index contributed by atoms with van der Waals surface area (Å²) in [5.74, 6) is 6.73. The maximum atomic E-state index is 5.42. The number of hydrogen-bond donors (Lipinski definition) is 3. The Hall–Kier alpha value is -1.44. The molecule has 1 aliphatic rings. The van der Waals surface area contributed by atoms with Gasteiger partial charge in [-0.15, -0.1) is 11.3 Å². The molecule has 1 fully saturated rings. The van der Waals surface area contributed by atoms with Crippen molar-refractivity contribution >= 4 is 33.3 Å². The van der Waals surface area contributed by atoms with Crippen LogP contribution in [0.1, 0.15) is 19.8 Å². The van der Waals surface area contributed by atoms with Crippen LogP contribution in [0.25, 0.3) is 10.2 Å². The number of rotatable bonds is 7. The molecule has 2 aromatic rings. The minimum atomic E-state index is 0.456. The highest BCUT2D eigenvalue weighted by molar-refractivity contribution is 7.16. The molecule has 7 heteroatoms. The first kappa shape index (κ1) is 13.5. The number of nitrogen functional groups attached to an aromatic ring is 1. The quantitative estimate of drug-likeness (QED) is 0.534. The Morgan fingerprint density at radius 1 is 1.45 bits per heavy atom. The maximum Gasteiger partial charge on any atom is 0.240 e. The molecule has 0 bridgehead atoms. The first-order valence-corrected chi connectivity index (χ1v) is 7.89. The van der Waals surface area contributed by atoms with Crippen LogP contribution >= 0.6 is 11.3 Å². The molecule has 1 aliphatic carbocycles. The van der Waals surface area contributed by atoms with Gasteiger partial charge in [0.15, 0.2) is 0 Å². The number of hydrazine groups is 1. The maximum absolute atomic E-state index is 5.42. The van der Waals surface area contributed by atoms with Crippen LogP contribution in [-0.2, 0) is 0 Å². The van der Waals surface area contributed by atoms with Crippen molar-refractivity contribution in [2.45, 2.75) is 25.8 Å². The van der Waals surface area contributed by atoms with E-state index in [9.17, 15) is 0 Å². The summed E-state index contributed by atoms with van der Waals surface area (Å²) in [6.07, 6.45) is 2.69. The Bertz CT molecular complexity index is 579. The van der Waals surface area contributed by atoms with Crippen molar-refractivity contribution in [1.29, 1.82) is 0 Å². The van der Waals surface area contributed by atoms with Crippen molar-refractivity contribution in [1.82, 2.24) is 14.9 Å². The lowest BCUT2D eigenvalue weighted by molar-refractivity contribution is 0.289. The summed E-state index contributed by atoms with van der Waals surface area (Å²) in [6.45, 7) is 5.26. The van der Waals surface area contributed by atoms with E-state index < -0.39 is 0 Å². The van der Waals surface area contributed by atoms with Gasteiger partial charge in [0.2, 0.25) is 5.95 Å². The van der Waals surface area contributed by atoms with E-state index in [1.165, 1.54) is 12.8 Å². The van der Waals surface area contributed by atoms with Gasteiger partial charge in [0.1, 0.15) is 10.6 Å². The van der Waals surface area contributed by atoms with Crippen LogP contribution in [0.3, 0.4) is 0 Å². The number of fused-ring (bicyclic) bond motifs is 1. The first-order chi connectivity index (χ1) is 9.81. The summed E-state index contributed by atoms with van der Waals surface area (Å²) in [6, 6.07) is 2.84. The third-order valence-electron chi connectivity index (χ3n) is 3.62. The van der Waals surface area contributed by atoms with Crippen molar-refractivity contribution in [3.8, 4) is 0 Å². The van der Waals surface area contributed by atoms with Gasteiger partial charge in [-0.1, -0.05) is 6.92 Å². The average Bonchev–Trinajstić information content (AvgIpc) is 3.20. The molecule has 20 heavy (non-hydrogen) atoms. The smallest absolute Gasteiger partial charge is 0.240 e. The van der Waals surface area contributed by atoms with E-state index in [0.717, 1.165) is 41.7 Å². The number of nitrogens with zero attached hydrogens (tertiary/aromatic N) is 3. The molecule has 0 spiro atoms. The van der Waals surface area contributed by atoms with Crippen molar-refractivity contribution in [2.75, 3.05) is 30.4 Å². The summed E-state index contributed by atoms with van der Waals surface area (Å²) in [5.41, 5.74) is 2.52. The Morgan fingerprint density at radius 2 is 2.30 bits per heavy atom. The van der Waals surface area contributed by atoms with Gasteiger partial charge in [0, 0.05) is 19.1 Å². The lowest BCUT2D eigenvalue weighted by Crippen LogP contribution is -2.31. The van der Waals surface area contributed by atoms with Crippen LogP contribution in [-0.4, -0.2) is 40.5 Å². The molecular formula is C13H20N6S. The first-order valence-electron chi connectivity index (χ1n) is 7.01. The number of hydrogen-bond acceptors (Lipinski definition) is 7. The normalized spacial score (nSPS) is 14.9. The molecule has 0 saturated heterocycles. The topological polar surface area (TPSA) is 79.1 Å². The van der Waals surface area contributed by atoms with E-state index >= 15 is 0 Å². The molecule has 2 heterocycles. The summed E-state index contributed by atoms with van der Waals surface area (Å²) in [4.78, 5) is 12.2. The van der Waals surface area contributed by atoms with E-state index in [0.29, 0.717) is 5.95 Å². The van der Waals surface area contributed by atoms with E-state index in [1.54, 1.807) is 11.3 Å². The second-order valence-electron chi connectivity index (χ2n) is 4.97. The summed E-state index contributed by atoms with van der Waals surface area (Å²) in [5, 5.41) is 6.49. The van der Waals surface area contributed by atoms with E-state index in [4.69, 9.17) is 5.84 Å². The van der Waals surface area contributed by atoms with Gasteiger partial charge >= 0.3 is 0 Å². The van der Waals surface area contributed by atoms with Crippen molar-refractivity contribution in [3.05, 3.63) is 11.4 Å². The van der Waals surface area contributed by atoms with Crippen LogP contribution < -0.4 is 16.6 Å². The van der Waals surface area contributed by atoms with E-state index in [1.807, 2.05) is 11.4 Å². The lowest BCUT2D eigenvalue weighted by Gasteiger charge is -2.20. The minimum Gasteiger partial charge on any atom is -0.368 e. The average molecular weight is 292 g/mol. The van der Waals surface area contributed by atoms with Gasteiger partial charge in [0.05, 0.1) is 5.39 Å². The van der Waals surface area contributed by atoms with Gasteiger partial charge in [-0.25, -0.2) is 10.8 Å². The number of thiophene rings is 1. The standard InChI is InChI=1S/C13H20N6S/c1-2-19(9-3-4-9)7-6-15-11-10-5-8-20-12(10)17-13(16-11)18-14/h5,8-9H,2-4,6-7,14H2,1H3,(H2,15,16,17,18). The van der Waals surface area contributed by atoms with Gasteiger partial charge in [-0.3, -0.25) is 10.3 Å². The fourth-order valence-corrected chi connectivity index (χ4v) is 3.18. The fourth-order valence-electron chi connectivity index (χ4n) is 2.41. The molecule has 3 rings (SSSR count). The number of anilines is 2. The Balaban J connectivity index is 1.68. The van der Waals surface area contributed by atoms with Gasteiger partial charge < -0.3 is 5.32 Å². The van der Waals surface area contributed by atoms with Crippen LogP contribution in [0.5, 0.6) is 0 Å². The molecule has 0 atom stereocenters. The van der Waals surface area contributed by atoms with Crippen LogP contribution in [0, 0.1) is 0 Å². The highest BCUT2D eigenvalue weighted by atomic mass is 32.1. The number of nitrogens with two attached hydrogens (primary N) is 1. The zero-order valence-electron chi connectivity index (χ0n) is 11.6. The summed E-state index contributed by atoms with van der Waals surface area (Å²) < 4.78 is 0. The molecule has 0 unspecified atom stereocenters. The highest BCUT2D eigenvalue weighted by Crippen LogP contribution is 2.27. The number of aromatic nitrogens is 2. The van der Waals surface area contributed by atoms with E-state index in [-0.39, 0.29) is 0 Å². The second-order valence-corrected chi connectivity index (χ2v) is 5.86. The third-order valence-corrected chi connectivity index (χ3v) is 4.42. The lowest BCUT2D eigenvalue weighted by atomic mass is 10.3. The predicted octanol–water partition coefficient (Wildman–Crippen LogP) is 1.87. The van der Waals surface area contributed by atoms with Crippen molar-refractivity contribution in [2.24, 2.45) is 5.84 Å². The molecule has 108 valence electrons. The summed E-state index contributed by atoms with van der Waals surface area (Å²) >= 11 is 1.59. The van der Waals surface area contributed by atoms with E-state index in [2.05, 4.69) is 32.5 Å². The molecule has 4 N–H and O–H groups in total. The largest absolute Gasteiger partial charge is 0.368 e. The molecule has 1 saturated carbocycles. The van der Waals surface area contributed by atoms with Gasteiger partial charge in [0.25, 0.3) is 0 Å². The monoisotopic (exact) mass is 292 g/mol. The molecule has 6 nitrogen and oxygen atoms in total.